The van der Waals surface area contributed by atoms with Gasteiger partial charge in [0.15, 0.2) is 0 Å². The lowest BCUT2D eigenvalue weighted by atomic mass is 10.0. The van der Waals surface area contributed by atoms with Gasteiger partial charge in [-0.25, -0.2) is 9.59 Å². The molecule has 6 nitrogen and oxygen atoms in total. The fourth-order valence-corrected chi connectivity index (χ4v) is 1.21. The van der Waals surface area contributed by atoms with Crippen molar-refractivity contribution in [3.8, 4) is 5.75 Å². The van der Waals surface area contributed by atoms with Crippen molar-refractivity contribution in [3.63, 3.8) is 0 Å². The number of rotatable bonds is 3. The summed E-state index contributed by atoms with van der Waals surface area (Å²) in [6.07, 6.45) is 0. The van der Waals surface area contributed by atoms with Gasteiger partial charge in [-0.1, -0.05) is 0 Å². The zero-order valence-corrected chi connectivity index (χ0v) is 7.47. The first kappa shape index (κ1) is 11.0. The van der Waals surface area contributed by atoms with Crippen molar-refractivity contribution in [1.82, 2.24) is 0 Å². The molecular formula is C9H8O6. The summed E-state index contributed by atoms with van der Waals surface area (Å²) in [5, 5.41) is 35.4. The third-order valence-corrected chi connectivity index (χ3v) is 1.85. The Bertz CT molecular complexity index is 388. The van der Waals surface area contributed by atoms with E-state index in [9.17, 15) is 9.59 Å². The van der Waals surface area contributed by atoms with Crippen LogP contribution >= 0.6 is 0 Å². The number of carboxylic acid groups (broad SMARTS) is 2. The fraction of sp³-hybridized carbons (Fsp3) is 0.111. The molecule has 0 heterocycles. The van der Waals surface area contributed by atoms with Crippen LogP contribution in [0.5, 0.6) is 5.75 Å². The molecule has 0 amide bonds. The van der Waals surface area contributed by atoms with E-state index >= 15 is 0 Å². The van der Waals surface area contributed by atoms with Crippen LogP contribution in [0.3, 0.4) is 0 Å². The number of aliphatic hydroxyl groups is 1. The Labute approximate surface area is 84.0 Å². The number of carboxylic acids is 2. The summed E-state index contributed by atoms with van der Waals surface area (Å²) in [7, 11) is 0. The molecule has 0 bridgehead atoms. The third kappa shape index (κ3) is 2.05. The molecule has 1 aromatic rings. The molecule has 0 atom stereocenters. The first-order valence-electron chi connectivity index (χ1n) is 3.90. The van der Waals surface area contributed by atoms with Gasteiger partial charge in [-0.2, -0.15) is 0 Å². The van der Waals surface area contributed by atoms with Crippen molar-refractivity contribution in [2.24, 2.45) is 0 Å². The predicted molar refractivity (Wildman–Crippen MR) is 47.9 cm³/mol. The SMILES string of the molecule is O=C(O)c1cc(O)cc(C(=O)O)c1CO. The minimum absolute atomic E-state index is 0.229. The number of benzene rings is 1. The Hall–Kier alpha value is -2.08. The van der Waals surface area contributed by atoms with E-state index in [1.807, 2.05) is 0 Å². The van der Waals surface area contributed by atoms with Crippen LogP contribution in [0.2, 0.25) is 0 Å². The third-order valence-electron chi connectivity index (χ3n) is 1.85. The van der Waals surface area contributed by atoms with E-state index < -0.39 is 35.4 Å². The van der Waals surface area contributed by atoms with Gasteiger partial charge in [-0.3, -0.25) is 0 Å². The molecule has 0 aromatic heterocycles. The Morgan fingerprint density at radius 2 is 1.47 bits per heavy atom. The van der Waals surface area contributed by atoms with Gasteiger partial charge in [-0.05, 0) is 12.1 Å². The lowest BCUT2D eigenvalue weighted by molar-refractivity contribution is 0.0690. The number of aromatic carboxylic acids is 2. The predicted octanol–water partition coefficient (Wildman–Crippen LogP) is 0.281. The number of hydrogen-bond donors (Lipinski definition) is 4. The number of carbonyl (C=O) groups is 2. The average Bonchev–Trinajstić information content (AvgIpc) is 2.16. The summed E-state index contributed by atoms with van der Waals surface area (Å²) < 4.78 is 0. The van der Waals surface area contributed by atoms with Crippen LogP contribution in [0.1, 0.15) is 26.3 Å². The highest BCUT2D eigenvalue weighted by molar-refractivity contribution is 5.97. The molecule has 0 unspecified atom stereocenters. The fourth-order valence-electron chi connectivity index (χ4n) is 1.21. The Balaban J connectivity index is 3.52. The molecule has 0 radical (unpaired) electrons. The molecule has 15 heavy (non-hydrogen) atoms. The molecule has 0 aliphatic rings. The van der Waals surface area contributed by atoms with Crippen molar-refractivity contribution in [1.29, 1.82) is 0 Å². The van der Waals surface area contributed by atoms with Gasteiger partial charge < -0.3 is 20.4 Å². The molecule has 80 valence electrons. The number of aromatic hydroxyl groups is 1. The van der Waals surface area contributed by atoms with Crippen LogP contribution in [0, 0.1) is 0 Å². The van der Waals surface area contributed by atoms with Gasteiger partial charge >= 0.3 is 11.9 Å². The highest BCUT2D eigenvalue weighted by Crippen LogP contribution is 2.22. The van der Waals surface area contributed by atoms with Crippen LogP contribution in [-0.2, 0) is 6.61 Å². The Morgan fingerprint density at radius 3 is 1.73 bits per heavy atom. The van der Waals surface area contributed by atoms with Gasteiger partial charge in [0.2, 0.25) is 0 Å². The van der Waals surface area contributed by atoms with E-state index in [4.69, 9.17) is 20.4 Å². The molecule has 4 N–H and O–H groups in total. The molecule has 0 aliphatic carbocycles. The molecule has 0 spiro atoms. The normalized spacial score (nSPS) is 9.93. The van der Waals surface area contributed by atoms with Crippen molar-refractivity contribution in [2.45, 2.75) is 6.61 Å². The number of aliphatic hydroxyl groups excluding tert-OH is 1. The molecular weight excluding hydrogens is 204 g/mol. The zero-order chi connectivity index (χ0) is 11.6. The minimum atomic E-state index is -1.41. The second-order valence-corrected chi connectivity index (χ2v) is 2.79. The topological polar surface area (TPSA) is 115 Å². The molecule has 0 fully saturated rings. The van der Waals surface area contributed by atoms with Crippen LogP contribution in [0.15, 0.2) is 12.1 Å². The Kier molecular flexibility index (Phi) is 2.91. The number of phenols is 1. The summed E-state index contributed by atoms with van der Waals surface area (Å²) >= 11 is 0. The summed E-state index contributed by atoms with van der Waals surface area (Å²) in [5.74, 6) is -3.28. The first-order chi connectivity index (χ1) is 6.97. The van der Waals surface area contributed by atoms with Gasteiger partial charge in [-0.15, -0.1) is 0 Å². The number of phenolic OH excluding ortho intramolecular Hbond substituents is 1. The van der Waals surface area contributed by atoms with Crippen molar-refractivity contribution in [3.05, 3.63) is 28.8 Å². The molecule has 0 saturated heterocycles. The number of hydrogen-bond acceptors (Lipinski definition) is 4. The van der Waals surface area contributed by atoms with Crippen molar-refractivity contribution in [2.75, 3.05) is 0 Å². The van der Waals surface area contributed by atoms with E-state index in [-0.39, 0.29) is 5.56 Å². The second kappa shape index (κ2) is 3.97. The van der Waals surface area contributed by atoms with Gasteiger partial charge in [0.05, 0.1) is 17.7 Å². The molecule has 6 heteroatoms. The van der Waals surface area contributed by atoms with Crippen LogP contribution in [-0.4, -0.2) is 32.4 Å². The van der Waals surface area contributed by atoms with Gasteiger partial charge in [0.1, 0.15) is 5.75 Å². The maximum atomic E-state index is 10.7. The lowest BCUT2D eigenvalue weighted by Crippen LogP contribution is -2.09. The van der Waals surface area contributed by atoms with E-state index in [0.717, 1.165) is 12.1 Å². The molecule has 1 aromatic carbocycles. The van der Waals surface area contributed by atoms with E-state index in [2.05, 4.69) is 0 Å². The summed E-state index contributed by atoms with van der Waals surface area (Å²) in [6.45, 7) is -0.719. The zero-order valence-electron chi connectivity index (χ0n) is 7.47. The van der Waals surface area contributed by atoms with E-state index in [1.165, 1.54) is 0 Å². The summed E-state index contributed by atoms with van der Waals surface area (Å²) in [5.41, 5.74) is -1.07. The van der Waals surface area contributed by atoms with Crippen LogP contribution in [0.4, 0.5) is 0 Å². The highest BCUT2D eigenvalue weighted by Gasteiger charge is 2.19. The van der Waals surface area contributed by atoms with Gasteiger partial charge in [0.25, 0.3) is 0 Å². The highest BCUT2D eigenvalue weighted by atomic mass is 16.4. The molecule has 0 aliphatic heterocycles. The summed E-state index contributed by atoms with van der Waals surface area (Å²) in [4.78, 5) is 21.4. The Morgan fingerprint density at radius 1 is 1.07 bits per heavy atom. The quantitative estimate of drug-likeness (QED) is 0.572. The van der Waals surface area contributed by atoms with Gasteiger partial charge in [0, 0.05) is 5.56 Å². The second-order valence-electron chi connectivity index (χ2n) is 2.79. The molecule has 0 saturated carbocycles. The maximum Gasteiger partial charge on any atom is 0.336 e. The largest absolute Gasteiger partial charge is 0.508 e. The monoisotopic (exact) mass is 212 g/mol. The molecule has 1 rings (SSSR count). The first-order valence-corrected chi connectivity index (χ1v) is 3.90. The standard InChI is InChI=1S/C9H8O6/c10-3-7-5(8(12)13)1-4(11)2-6(7)9(14)15/h1-2,10-11H,3H2,(H,12,13)(H,14,15). The maximum absolute atomic E-state index is 10.7. The smallest absolute Gasteiger partial charge is 0.336 e. The van der Waals surface area contributed by atoms with E-state index in [0.29, 0.717) is 0 Å². The summed E-state index contributed by atoms with van der Waals surface area (Å²) in [6, 6.07) is 1.78. The van der Waals surface area contributed by atoms with Crippen molar-refractivity contribution < 1.29 is 30.0 Å². The van der Waals surface area contributed by atoms with Crippen molar-refractivity contribution >= 4 is 11.9 Å². The lowest BCUT2D eigenvalue weighted by Gasteiger charge is -2.07. The van der Waals surface area contributed by atoms with Crippen LogP contribution in [0.25, 0.3) is 0 Å². The van der Waals surface area contributed by atoms with Crippen LogP contribution < -0.4 is 0 Å². The van der Waals surface area contributed by atoms with E-state index in [1.54, 1.807) is 0 Å². The minimum Gasteiger partial charge on any atom is -0.508 e. The average molecular weight is 212 g/mol.